The van der Waals surface area contributed by atoms with Crippen molar-refractivity contribution in [2.24, 2.45) is 0 Å². The van der Waals surface area contributed by atoms with Crippen LogP contribution in [0.25, 0.3) is 0 Å². The van der Waals surface area contributed by atoms with Crippen LogP contribution in [0.15, 0.2) is 30.3 Å². The molecule has 1 amide bonds. The van der Waals surface area contributed by atoms with Gasteiger partial charge in [0.2, 0.25) is 5.91 Å². The molecule has 1 aliphatic rings. The van der Waals surface area contributed by atoms with Crippen molar-refractivity contribution in [2.75, 3.05) is 39.3 Å². The number of ether oxygens (including phenoxy) is 1. The highest BCUT2D eigenvalue weighted by Gasteiger charge is 2.22. The number of halogens is 2. The lowest BCUT2D eigenvalue weighted by Crippen LogP contribution is -2.44. The summed E-state index contributed by atoms with van der Waals surface area (Å²) < 4.78 is 5.73. The zero-order valence-electron chi connectivity index (χ0n) is 14.2. The Morgan fingerprint density at radius 3 is 2.71 bits per heavy atom. The molecule has 0 aliphatic carbocycles. The highest BCUT2D eigenvalue weighted by atomic mass is 35.5. The number of morpholine rings is 1. The van der Waals surface area contributed by atoms with Crippen molar-refractivity contribution in [1.82, 2.24) is 15.5 Å². The minimum Gasteiger partial charge on any atom is -0.375 e. The number of nitrogens with one attached hydrogen (secondary N) is 2. The maximum absolute atomic E-state index is 11.9. The number of hydrogen-bond donors (Lipinski definition) is 2. The van der Waals surface area contributed by atoms with E-state index in [9.17, 15) is 4.79 Å². The lowest BCUT2D eigenvalue weighted by molar-refractivity contribution is -0.126. The summed E-state index contributed by atoms with van der Waals surface area (Å²) in [5.74, 6) is 0.0736. The first-order valence-corrected chi connectivity index (χ1v) is 8.13. The van der Waals surface area contributed by atoms with Gasteiger partial charge in [-0.15, -0.1) is 24.8 Å². The van der Waals surface area contributed by atoms with Crippen molar-refractivity contribution in [2.45, 2.75) is 26.0 Å². The molecule has 0 saturated carbocycles. The monoisotopic (exact) mass is 377 g/mol. The number of nitrogens with zero attached hydrogens (tertiary/aromatic N) is 1. The first-order valence-electron chi connectivity index (χ1n) is 8.13. The number of hydrogen-bond acceptors (Lipinski definition) is 4. The van der Waals surface area contributed by atoms with Crippen molar-refractivity contribution < 1.29 is 9.53 Å². The van der Waals surface area contributed by atoms with E-state index in [1.54, 1.807) is 0 Å². The molecule has 1 unspecified atom stereocenters. The van der Waals surface area contributed by atoms with E-state index >= 15 is 0 Å². The van der Waals surface area contributed by atoms with Crippen LogP contribution in [0.2, 0.25) is 0 Å². The highest BCUT2D eigenvalue weighted by Crippen LogP contribution is 2.12. The number of carbonyl (C=O) groups is 1. The molecule has 2 rings (SSSR count). The van der Waals surface area contributed by atoms with E-state index in [1.165, 1.54) is 5.56 Å². The van der Waals surface area contributed by atoms with Crippen molar-refractivity contribution >= 4 is 30.7 Å². The molecule has 1 aromatic rings. The number of amides is 1. The van der Waals surface area contributed by atoms with Gasteiger partial charge in [-0.05, 0) is 12.1 Å². The number of benzene rings is 1. The normalized spacial score (nSPS) is 17.5. The Morgan fingerprint density at radius 1 is 1.25 bits per heavy atom. The number of likely N-dealkylation sites (N-methyl/N-ethyl adjacent to an activating group) is 1. The minimum absolute atomic E-state index is 0. The van der Waals surface area contributed by atoms with Crippen LogP contribution in [0.5, 0.6) is 0 Å². The predicted octanol–water partition coefficient (Wildman–Crippen LogP) is 1.85. The molecule has 1 aromatic carbocycles. The molecule has 2 N–H and O–H groups in total. The van der Waals surface area contributed by atoms with Crippen molar-refractivity contribution in [1.29, 1.82) is 0 Å². The van der Waals surface area contributed by atoms with Crippen LogP contribution in [0.1, 0.15) is 18.9 Å². The predicted molar refractivity (Wildman–Crippen MR) is 102 cm³/mol. The fourth-order valence-corrected chi connectivity index (χ4v) is 2.64. The van der Waals surface area contributed by atoms with E-state index < -0.39 is 0 Å². The summed E-state index contributed by atoms with van der Waals surface area (Å²) in [6, 6.07) is 10.4. The third-order valence-electron chi connectivity index (χ3n) is 3.76. The van der Waals surface area contributed by atoms with Crippen LogP contribution >= 0.6 is 24.8 Å². The Labute approximate surface area is 157 Å². The van der Waals surface area contributed by atoms with Gasteiger partial charge < -0.3 is 15.4 Å². The molecule has 0 bridgehead atoms. The molecule has 1 saturated heterocycles. The molecule has 1 aliphatic heterocycles. The minimum atomic E-state index is -0.00315. The molecule has 0 aromatic heterocycles. The summed E-state index contributed by atoms with van der Waals surface area (Å²) in [6.45, 7) is 7.82. The highest BCUT2D eigenvalue weighted by molar-refractivity contribution is 5.85. The van der Waals surface area contributed by atoms with Crippen LogP contribution in [0.4, 0.5) is 0 Å². The zero-order chi connectivity index (χ0) is 15.6. The average molecular weight is 378 g/mol. The van der Waals surface area contributed by atoms with Crippen LogP contribution in [0.3, 0.4) is 0 Å². The van der Waals surface area contributed by atoms with Gasteiger partial charge in [0.1, 0.15) is 0 Å². The maximum atomic E-state index is 11.9. The van der Waals surface area contributed by atoms with Gasteiger partial charge in [0.05, 0.1) is 19.1 Å². The first kappa shape index (κ1) is 23.1. The van der Waals surface area contributed by atoms with Crippen molar-refractivity contribution in [3.8, 4) is 0 Å². The Morgan fingerprint density at radius 2 is 2.00 bits per heavy atom. The molecule has 0 radical (unpaired) electrons. The quantitative estimate of drug-likeness (QED) is 0.678. The number of rotatable bonds is 8. The molecule has 7 heteroatoms. The van der Waals surface area contributed by atoms with Crippen LogP contribution < -0.4 is 10.6 Å². The summed E-state index contributed by atoms with van der Waals surface area (Å²) in [5.41, 5.74) is 1.30. The van der Waals surface area contributed by atoms with Gasteiger partial charge >= 0.3 is 0 Å². The van der Waals surface area contributed by atoms with E-state index in [0.29, 0.717) is 19.6 Å². The van der Waals surface area contributed by atoms with Gasteiger partial charge in [-0.1, -0.05) is 37.3 Å². The summed E-state index contributed by atoms with van der Waals surface area (Å²) in [4.78, 5) is 14.3. The fourth-order valence-electron chi connectivity index (χ4n) is 2.64. The molecule has 138 valence electrons. The van der Waals surface area contributed by atoms with Gasteiger partial charge in [-0.25, -0.2) is 0 Å². The third kappa shape index (κ3) is 8.85. The summed E-state index contributed by atoms with van der Waals surface area (Å²) in [5, 5.41) is 6.12. The average Bonchev–Trinajstić information content (AvgIpc) is 2.53. The van der Waals surface area contributed by atoms with Gasteiger partial charge in [-0.3, -0.25) is 9.69 Å². The molecule has 5 nitrogen and oxygen atoms in total. The Hall–Kier alpha value is -0.850. The van der Waals surface area contributed by atoms with E-state index in [2.05, 4.69) is 46.7 Å². The topological polar surface area (TPSA) is 53.6 Å². The van der Waals surface area contributed by atoms with Crippen molar-refractivity contribution in [3.05, 3.63) is 35.9 Å². The van der Waals surface area contributed by atoms with Gasteiger partial charge in [0.25, 0.3) is 0 Å². The SMILES string of the molecule is CCNCCNC(=O)CC1CN(Cc2ccccc2)CCO1.Cl.Cl. The van der Waals surface area contributed by atoms with Gasteiger partial charge in [-0.2, -0.15) is 0 Å². The van der Waals surface area contributed by atoms with E-state index in [-0.39, 0.29) is 36.8 Å². The molecule has 24 heavy (non-hydrogen) atoms. The molecular weight excluding hydrogens is 349 g/mol. The van der Waals surface area contributed by atoms with Crippen LogP contribution in [-0.4, -0.2) is 56.2 Å². The summed E-state index contributed by atoms with van der Waals surface area (Å²) >= 11 is 0. The maximum Gasteiger partial charge on any atom is 0.222 e. The zero-order valence-corrected chi connectivity index (χ0v) is 15.8. The molecule has 1 heterocycles. The van der Waals surface area contributed by atoms with E-state index in [1.807, 2.05) is 6.07 Å². The summed E-state index contributed by atoms with van der Waals surface area (Å²) in [6.07, 6.45) is 0.439. The Balaban J connectivity index is 0.00000264. The Bertz CT molecular complexity index is 449. The largest absolute Gasteiger partial charge is 0.375 e. The fraction of sp³-hybridized carbons (Fsp3) is 0.588. The van der Waals surface area contributed by atoms with Gasteiger partial charge in [0.15, 0.2) is 0 Å². The number of carbonyl (C=O) groups excluding carboxylic acids is 1. The molecule has 0 spiro atoms. The Kier molecular flexibility index (Phi) is 13.0. The summed E-state index contributed by atoms with van der Waals surface area (Å²) in [7, 11) is 0. The van der Waals surface area contributed by atoms with Crippen LogP contribution in [0, 0.1) is 0 Å². The second-order valence-corrected chi connectivity index (χ2v) is 5.62. The molecular formula is C17H29Cl2N3O2. The lowest BCUT2D eigenvalue weighted by Gasteiger charge is -2.32. The van der Waals surface area contributed by atoms with E-state index in [4.69, 9.17) is 4.74 Å². The van der Waals surface area contributed by atoms with E-state index in [0.717, 1.165) is 32.7 Å². The molecule has 1 fully saturated rings. The van der Waals surface area contributed by atoms with Gasteiger partial charge in [0, 0.05) is 32.7 Å². The molecule has 1 atom stereocenters. The standard InChI is InChI=1S/C17H27N3O2.2ClH/c1-2-18-8-9-19-17(21)12-16-14-20(10-11-22-16)13-15-6-4-3-5-7-15;;/h3-7,16,18H,2,8-14H2,1H3,(H,19,21);2*1H. The lowest BCUT2D eigenvalue weighted by atomic mass is 10.1. The smallest absolute Gasteiger partial charge is 0.222 e. The second-order valence-electron chi connectivity index (χ2n) is 5.62. The third-order valence-corrected chi connectivity index (χ3v) is 3.76. The van der Waals surface area contributed by atoms with Crippen LogP contribution in [-0.2, 0) is 16.1 Å². The first-order chi connectivity index (χ1) is 10.8. The van der Waals surface area contributed by atoms with Crippen molar-refractivity contribution in [3.63, 3.8) is 0 Å². The second kappa shape index (κ2) is 13.4.